The third-order valence-electron chi connectivity index (χ3n) is 2.42. The second-order valence-electron chi connectivity index (χ2n) is 3.99. The average molecular weight is 434 g/mol. The van der Waals surface area contributed by atoms with Crippen molar-refractivity contribution in [2.45, 2.75) is 0 Å². The van der Waals surface area contributed by atoms with E-state index in [0.29, 0.717) is 10.0 Å². The first-order chi connectivity index (χ1) is 10.5. The molecule has 0 aliphatic heterocycles. The number of carbonyl (C=O) groups is 1. The first-order valence-corrected chi connectivity index (χ1v) is 10.0. The van der Waals surface area contributed by atoms with Gasteiger partial charge in [0.05, 0.1) is 24.9 Å². The number of carbonyl (C=O) groups excluding carboxylic acids is 1. The summed E-state index contributed by atoms with van der Waals surface area (Å²) >= 11 is 14.3. The van der Waals surface area contributed by atoms with Gasteiger partial charge >= 0.3 is 13.6 Å². The molecule has 0 bridgehead atoms. The van der Waals surface area contributed by atoms with Crippen LogP contribution in [0, 0.1) is 0 Å². The highest BCUT2D eigenvalue weighted by molar-refractivity contribution is 9.10. The Hall–Kier alpha value is -0.100. The second kappa shape index (κ2) is 10.6. The standard InChI is InChI=1S/C13H16BrCl2O5P/c14-12-4-2-1-3-11(12)13(17)19-9-10-22(18,20-7-5-15)21-8-6-16/h1-4H,5-10H2. The number of alkyl halides is 2. The molecular weight excluding hydrogens is 418 g/mol. The molecule has 0 atom stereocenters. The number of rotatable bonds is 10. The molecule has 0 unspecified atom stereocenters. The van der Waals surface area contributed by atoms with Crippen molar-refractivity contribution in [3.63, 3.8) is 0 Å². The molecule has 0 aromatic heterocycles. The zero-order valence-electron chi connectivity index (χ0n) is 11.7. The first kappa shape index (κ1) is 19.9. The summed E-state index contributed by atoms with van der Waals surface area (Å²) in [7, 11) is -3.37. The van der Waals surface area contributed by atoms with Gasteiger partial charge in [-0.2, -0.15) is 0 Å². The quantitative estimate of drug-likeness (QED) is 0.312. The number of hydrogen-bond acceptors (Lipinski definition) is 5. The molecule has 0 radical (unpaired) electrons. The summed E-state index contributed by atoms with van der Waals surface area (Å²) in [4.78, 5) is 11.9. The van der Waals surface area contributed by atoms with Gasteiger partial charge < -0.3 is 13.8 Å². The zero-order valence-corrected chi connectivity index (χ0v) is 15.7. The Morgan fingerprint density at radius 2 is 1.68 bits per heavy atom. The number of benzene rings is 1. The van der Waals surface area contributed by atoms with Gasteiger partial charge in [-0.1, -0.05) is 12.1 Å². The van der Waals surface area contributed by atoms with Crippen molar-refractivity contribution in [2.75, 3.05) is 37.7 Å². The molecule has 5 nitrogen and oxygen atoms in total. The lowest BCUT2D eigenvalue weighted by Crippen LogP contribution is -2.12. The monoisotopic (exact) mass is 432 g/mol. The van der Waals surface area contributed by atoms with Crippen LogP contribution < -0.4 is 0 Å². The summed E-state index contributed by atoms with van der Waals surface area (Å²) in [5.41, 5.74) is 0.390. The maximum Gasteiger partial charge on any atom is 0.339 e. The van der Waals surface area contributed by atoms with Gasteiger partial charge in [-0.25, -0.2) is 4.79 Å². The number of esters is 1. The molecule has 22 heavy (non-hydrogen) atoms. The Kier molecular flexibility index (Phi) is 9.64. The smallest absolute Gasteiger partial charge is 0.339 e. The molecule has 0 saturated carbocycles. The Balaban J connectivity index is 2.53. The van der Waals surface area contributed by atoms with E-state index < -0.39 is 13.6 Å². The molecule has 0 fully saturated rings. The van der Waals surface area contributed by atoms with Gasteiger partial charge in [-0.15, -0.1) is 23.2 Å². The molecule has 0 spiro atoms. The minimum absolute atomic E-state index is 0.0586. The van der Waals surface area contributed by atoms with Gasteiger partial charge in [0.1, 0.15) is 6.61 Å². The SMILES string of the molecule is O=C(OCCP(=O)(OCCCl)OCCCl)c1ccccc1Br. The lowest BCUT2D eigenvalue weighted by molar-refractivity contribution is 0.0521. The van der Waals surface area contributed by atoms with Crippen LogP contribution in [0.15, 0.2) is 28.7 Å². The van der Waals surface area contributed by atoms with E-state index in [4.69, 9.17) is 37.0 Å². The summed E-state index contributed by atoms with van der Waals surface area (Å²) in [6.07, 6.45) is -0.0586. The molecule has 0 aliphatic rings. The molecule has 0 saturated heterocycles. The summed E-state index contributed by atoms with van der Waals surface area (Å²) in [6.45, 7) is 0.0701. The first-order valence-electron chi connectivity index (χ1n) is 6.44. The Labute approximate surface area is 147 Å². The van der Waals surface area contributed by atoms with Crippen molar-refractivity contribution >= 4 is 52.7 Å². The van der Waals surface area contributed by atoms with Gasteiger partial charge in [0.25, 0.3) is 0 Å². The van der Waals surface area contributed by atoms with Crippen molar-refractivity contribution in [3.05, 3.63) is 34.3 Å². The van der Waals surface area contributed by atoms with Crippen molar-refractivity contribution in [1.29, 1.82) is 0 Å². The fourth-order valence-electron chi connectivity index (χ4n) is 1.47. The Morgan fingerprint density at radius 1 is 1.09 bits per heavy atom. The van der Waals surface area contributed by atoms with Crippen LogP contribution in [-0.2, 0) is 18.3 Å². The summed E-state index contributed by atoms with van der Waals surface area (Å²) < 4.78 is 28.3. The minimum Gasteiger partial charge on any atom is -0.461 e. The van der Waals surface area contributed by atoms with Gasteiger partial charge in [0.2, 0.25) is 0 Å². The highest BCUT2D eigenvalue weighted by Crippen LogP contribution is 2.47. The molecule has 0 N–H and O–H groups in total. The van der Waals surface area contributed by atoms with Crippen LogP contribution in [-0.4, -0.2) is 43.7 Å². The maximum atomic E-state index is 12.4. The van der Waals surface area contributed by atoms with Crippen LogP contribution in [0.1, 0.15) is 10.4 Å². The topological polar surface area (TPSA) is 61.8 Å². The number of hydrogen-bond donors (Lipinski definition) is 0. The van der Waals surface area contributed by atoms with Crippen molar-refractivity contribution in [1.82, 2.24) is 0 Å². The van der Waals surface area contributed by atoms with Crippen molar-refractivity contribution in [3.8, 4) is 0 Å². The largest absolute Gasteiger partial charge is 0.461 e. The molecule has 1 aromatic carbocycles. The highest BCUT2D eigenvalue weighted by atomic mass is 79.9. The van der Waals surface area contributed by atoms with Crippen molar-refractivity contribution < 1.29 is 23.1 Å². The fraction of sp³-hybridized carbons (Fsp3) is 0.462. The van der Waals surface area contributed by atoms with E-state index in [1.54, 1.807) is 24.3 Å². The van der Waals surface area contributed by atoms with Crippen molar-refractivity contribution in [2.24, 2.45) is 0 Å². The van der Waals surface area contributed by atoms with Gasteiger partial charge in [-0.05, 0) is 28.1 Å². The van der Waals surface area contributed by atoms with Crippen LogP contribution in [0.2, 0.25) is 0 Å². The van der Waals surface area contributed by atoms with Crippen LogP contribution in [0.3, 0.4) is 0 Å². The Bertz CT molecular complexity index is 517. The predicted molar refractivity (Wildman–Crippen MR) is 90.2 cm³/mol. The second-order valence-corrected chi connectivity index (χ2v) is 7.79. The highest BCUT2D eigenvalue weighted by Gasteiger charge is 2.25. The summed E-state index contributed by atoms with van der Waals surface area (Å²) in [6, 6.07) is 6.86. The zero-order chi connectivity index (χ0) is 16.4. The normalized spacial score (nSPS) is 11.4. The summed E-state index contributed by atoms with van der Waals surface area (Å²) in [5.74, 6) is -0.149. The third kappa shape index (κ3) is 6.99. The molecule has 0 aliphatic carbocycles. The molecule has 0 amide bonds. The molecule has 0 heterocycles. The maximum absolute atomic E-state index is 12.4. The van der Waals surface area contributed by atoms with Gasteiger partial charge in [0.15, 0.2) is 0 Å². The predicted octanol–water partition coefficient (Wildman–Crippen LogP) is 4.31. The summed E-state index contributed by atoms with van der Waals surface area (Å²) in [5, 5.41) is 0. The molecular formula is C13H16BrCl2O5P. The van der Waals surface area contributed by atoms with E-state index in [9.17, 15) is 9.36 Å². The van der Waals surface area contributed by atoms with Crippen LogP contribution >= 0.6 is 46.7 Å². The van der Waals surface area contributed by atoms with E-state index >= 15 is 0 Å². The third-order valence-corrected chi connectivity index (χ3v) is 5.30. The van der Waals surface area contributed by atoms with Gasteiger partial charge in [0, 0.05) is 16.2 Å². The number of halogens is 3. The Morgan fingerprint density at radius 3 is 2.23 bits per heavy atom. The molecule has 1 aromatic rings. The van der Waals surface area contributed by atoms with Crippen LogP contribution in [0.25, 0.3) is 0 Å². The van der Waals surface area contributed by atoms with Crippen LogP contribution in [0.4, 0.5) is 0 Å². The van der Waals surface area contributed by atoms with E-state index in [1.807, 2.05) is 0 Å². The fourth-order valence-corrected chi connectivity index (χ4v) is 3.67. The van der Waals surface area contributed by atoms with E-state index in [0.717, 1.165) is 0 Å². The molecule has 9 heteroatoms. The average Bonchev–Trinajstić information content (AvgIpc) is 2.51. The number of ether oxygens (including phenoxy) is 1. The van der Waals surface area contributed by atoms with Gasteiger partial charge in [-0.3, -0.25) is 4.57 Å². The lowest BCUT2D eigenvalue weighted by Gasteiger charge is -2.17. The molecule has 124 valence electrons. The minimum atomic E-state index is -3.37. The van der Waals surface area contributed by atoms with E-state index in [2.05, 4.69) is 15.9 Å². The van der Waals surface area contributed by atoms with E-state index in [-0.39, 0.29) is 37.7 Å². The van der Waals surface area contributed by atoms with E-state index in [1.165, 1.54) is 0 Å². The lowest BCUT2D eigenvalue weighted by atomic mass is 10.2. The van der Waals surface area contributed by atoms with Crippen LogP contribution in [0.5, 0.6) is 0 Å². The molecule has 1 rings (SSSR count).